The number of hydrogen-bond donors (Lipinski definition) is 4. The minimum Gasteiger partial charge on any atom is -0.463 e. The molecule has 101 heavy (non-hydrogen) atoms. The van der Waals surface area contributed by atoms with E-state index < -0.39 is 91.5 Å². The molecule has 0 spiro atoms. The molecule has 5 unspecified atom stereocenters. The third-order valence-corrected chi connectivity index (χ3v) is 18.9. The highest BCUT2D eigenvalue weighted by Crippen LogP contribution is 2.45. The van der Waals surface area contributed by atoms with Crippen molar-refractivity contribution in [3.05, 3.63) is 109 Å². The molecule has 0 fully saturated rings. The standard InChI is InChI=1S/C83H146O16P2/c1-4-7-10-13-16-19-22-24-26-28-30-31-32-33-34-35-36-37-38-39-40-41-42-43-44-45-47-49-50-52-55-57-60-63-66-69-81(86)93-72-78(84)73-95-100(89,90)96-74-79(85)75-97-101(91,92)98-77-80(99-83(88)71-68-65-62-59-54-21-18-15-12-9-6-3)76-94-82(87)70-67-64-61-58-56-53-51-48-46-29-27-25-23-20-17-14-11-8-5-2/h7,10,15-20,24-27,30-31,33-34,46,48,78-80,84-85H,4-6,8-9,11-14,21-23,28-29,32,35-45,47,49-77H2,1-3H3,(H,89,90)(H,91,92)/b10-7-,18-15-,19-16-,20-17-,26-24-,27-25-,31-30-,34-33-,48-46-. The molecule has 0 saturated heterocycles. The number of carbonyl (C=O) groups excluding carboxylic acids is 3. The predicted molar refractivity (Wildman–Crippen MR) is 417 cm³/mol. The highest BCUT2D eigenvalue weighted by Gasteiger charge is 2.29. The minimum atomic E-state index is -4.93. The Kier molecular flexibility index (Phi) is 73.0. The van der Waals surface area contributed by atoms with Crippen LogP contribution in [0, 0.1) is 0 Å². The number of esters is 3. The Bertz CT molecular complexity index is 2270. The van der Waals surface area contributed by atoms with Crippen LogP contribution in [0.2, 0.25) is 0 Å². The predicted octanol–water partition coefficient (Wildman–Crippen LogP) is 23.5. The van der Waals surface area contributed by atoms with Gasteiger partial charge >= 0.3 is 33.6 Å². The molecule has 18 heteroatoms. The summed E-state index contributed by atoms with van der Waals surface area (Å²) in [5.74, 6) is -1.59. The monoisotopic (exact) mass is 1460 g/mol. The van der Waals surface area contributed by atoms with Crippen molar-refractivity contribution >= 4 is 33.6 Å². The van der Waals surface area contributed by atoms with Gasteiger partial charge in [0.1, 0.15) is 25.4 Å². The van der Waals surface area contributed by atoms with Crippen LogP contribution in [0.4, 0.5) is 0 Å². The second kappa shape index (κ2) is 75.9. The van der Waals surface area contributed by atoms with Gasteiger partial charge in [0.25, 0.3) is 0 Å². The number of unbranched alkanes of at least 4 members (excludes halogenated alkanes) is 35. The highest BCUT2D eigenvalue weighted by atomic mass is 31.2. The summed E-state index contributed by atoms with van der Waals surface area (Å²) in [7, 11) is -9.78. The Morgan fingerprint density at radius 1 is 0.287 bits per heavy atom. The van der Waals surface area contributed by atoms with Crippen molar-refractivity contribution in [3.63, 3.8) is 0 Å². The lowest BCUT2D eigenvalue weighted by Gasteiger charge is -2.21. The first kappa shape index (κ1) is 97.2. The number of ether oxygens (including phenoxy) is 3. The molecule has 0 bridgehead atoms. The molecule has 4 N–H and O–H groups in total. The van der Waals surface area contributed by atoms with Crippen molar-refractivity contribution < 1.29 is 75.8 Å². The Labute approximate surface area is 615 Å². The summed E-state index contributed by atoms with van der Waals surface area (Å²) in [4.78, 5) is 58.5. The van der Waals surface area contributed by atoms with E-state index in [1.54, 1.807) is 0 Å². The second-order valence-corrected chi connectivity index (χ2v) is 29.7. The van der Waals surface area contributed by atoms with Gasteiger partial charge in [0.2, 0.25) is 0 Å². The fourth-order valence-corrected chi connectivity index (χ4v) is 12.4. The van der Waals surface area contributed by atoms with Gasteiger partial charge in [0.15, 0.2) is 6.10 Å². The largest absolute Gasteiger partial charge is 0.472 e. The van der Waals surface area contributed by atoms with E-state index in [0.717, 1.165) is 148 Å². The Hall–Kier alpha value is -3.79. The lowest BCUT2D eigenvalue weighted by molar-refractivity contribution is -0.161. The molecule has 0 aromatic carbocycles. The van der Waals surface area contributed by atoms with E-state index in [4.69, 9.17) is 32.3 Å². The number of phosphoric ester groups is 2. The quantitative estimate of drug-likeness (QED) is 0.0146. The zero-order valence-corrected chi connectivity index (χ0v) is 65.6. The molecule has 0 aliphatic heterocycles. The van der Waals surface area contributed by atoms with Crippen LogP contribution in [0.1, 0.15) is 342 Å². The molecule has 584 valence electrons. The maximum absolute atomic E-state index is 12.9. The summed E-state index contributed by atoms with van der Waals surface area (Å²) in [6.07, 6.45) is 88.9. The van der Waals surface area contributed by atoms with E-state index in [2.05, 4.69) is 130 Å². The van der Waals surface area contributed by atoms with Gasteiger partial charge in [0, 0.05) is 19.3 Å². The minimum absolute atomic E-state index is 0.0915. The summed E-state index contributed by atoms with van der Waals surface area (Å²) >= 11 is 0. The maximum atomic E-state index is 12.9. The number of aliphatic hydroxyl groups is 2. The zero-order chi connectivity index (χ0) is 73.7. The number of allylic oxidation sites excluding steroid dienone is 18. The molecule has 0 saturated carbocycles. The summed E-state index contributed by atoms with van der Waals surface area (Å²) < 4.78 is 61.0. The van der Waals surface area contributed by atoms with Gasteiger partial charge in [-0.3, -0.25) is 32.5 Å². The number of aliphatic hydroxyl groups excluding tert-OH is 2. The molecule has 16 nitrogen and oxygen atoms in total. The van der Waals surface area contributed by atoms with Crippen molar-refractivity contribution in [1.82, 2.24) is 0 Å². The van der Waals surface area contributed by atoms with Crippen LogP contribution in [0.15, 0.2) is 109 Å². The van der Waals surface area contributed by atoms with Gasteiger partial charge in [-0.15, -0.1) is 0 Å². The van der Waals surface area contributed by atoms with Gasteiger partial charge in [0.05, 0.1) is 26.4 Å². The number of rotatable bonds is 76. The van der Waals surface area contributed by atoms with E-state index in [1.165, 1.54) is 135 Å². The number of phosphoric acid groups is 2. The van der Waals surface area contributed by atoms with Gasteiger partial charge < -0.3 is 34.2 Å². The zero-order valence-electron chi connectivity index (χ0n) is 63.8. The normalized spacial score (nSPS) is 14.6. The number of carbonyl (C=O) groups is 3. The van der Waals surface area contributed by atoms with Crippen molar-refractivity contribution in [2.75, 3.05) is 39.6 Å². The third-order valence-electron chi connectivity index (χ3n) is 17.0. The van der Waals surface area contributed by atoms with Crippen LogP contribution in [-0.2, 0) is 55.8 Å². The lowest BCUT2D eigenvalue weighted by Crippen LogP contribution is -2.30. The highest BCUT2D eigenvalue weighted by molar-refractivity contribution is 7.47. The van der Waals surface area contributed by atoms with Gasteiger partial charge in [-0.2, -0.15) is 0 Å². The smallest absolute Gasteiger partial charge is 0.463 e. The summed E-state index contributed by atoms with van der Waals surface area (Å²) in [6, 6.07) is 0. The van der Waals surface area contributed by atoms with E-state index in [9.17, 15) is 43.5 Å². The van der Waals surface area contributed by atoms with Crippen LogP contribution in [-0.4, -0.2) is 95.9 Å². The van der Waals surface area contributed by atoms with E-state index in [0.29, 0.717) is 19.3 Å². The van der Waals surface area contributed by atoms with Crippen LogP contribution < -0.4 is 0 Å². The summed E-state index contributed by atoms with van der Waals surface area (Å²) in [5.41, 5.74) is 0. The first-order valence-corrected chi connectivity index (χ1v) is 43.2. The van der Waals surface area contributed by atoms with Crippen molar-refractivity contribution in [3.8, 4) is 0 Å². The van der Waals surface area contributed by atoms with E-state index in [1.807, 2.05) is 0 Å². The molecular weight excluding hydrogens is 1310 g/mol. The molecule has 0 aromatic heterocycles. The van der Waals surface area contributed by atoms with Crippen LogP contribution in [0.3, 0.4) is 0 Å². The third kappa shape index (κ3) is 77.1. The molecule has 0 radical (unpaired) electrons. The fourth-order valence-electron chi connectivity index (χ4n) is 10.8. The molecule has 0 aliphatic rings. The van der Waals surface area contributed by atoms with Gasteiger partial charge in [-0.25, -0.2) is 9.13 Å². The van der Waals surface area contributed by atoms with Crippen molar-refractivity contribution in [2.45, 2.75) is 360 Å². The fraction of sp³-hybridized carbons (Fsp3) is 0.747. The molecule has 0 rings (SSSR count). The van der Waals surface area contributed by atoms with Crippen LogP contribution in [0.5, 0.6) is 0 Å². The Balaban J connectivity index is 4.31. The van der Waals surface area contributed by atoms with Crippen LogP contribution in [0.25, 0.3) is 0 Å². The van der Waals surface area contributed by atoms with E-state index >= 15 is 0 Å². The lowest BCUT2D eigenvalue weighted by atomic mass is 10.0. The van der Waals surface area contributed by atoms with Crippen molar-refractivity contribution in [2.24, 2.45) is 0 Å². The summed E-state index contributed by atoms with van der Waals surface area (Å²) in [6.45, 7) is 2.50. The average Bonchev–Trinajstić information content (AvgIpc) is 0.974. The summed E-state index contributed by atoms with van der Waals surface area (Å²) in [5, 5.41) is 20.6. The molecule has 0 aromatic rings. The molecule has 0 heterocycles. The average molecular weight is 1460 g/mol. The maximum Gasteiger partial charge on any atom is 0.472 e. The first-order valence-electron chi connectivity index (χ1n) is 40.2. The Morgan fingerprint density at radius 3 is 0.871 bits per heavy atom. The molecule has 0 aliphatic carbocycles. The molecule has 0 amide bonds. The Morgan fingerprint density at radius 2 is 0.535 bits per heavy atom. The van der Waals surface area contributed by atoms with Crippen LogP contribution >= 0.6 is 15.6 Å². The van der Waals surface area contributed by atoms with Gasteiger partial charge in [-0.05, 0) is 122 Å². The first-order chi connectivity index (χ1) is 49.2. The molecular formula is C83H146O16P2. The SMILES string of the molecule is CC/C=C\C/C=C\C/C=C\C/C=C\C/C=C\CCCCCCCCCCCCCCCCCCCCCC(=O)OCC(O)COP(=O)(O)OCC(O)COP(=O)(O)OCC(COC(=O)CCCCCCCC/C=C\C/C=C\C/C=C\CCCCC)OC(=O)CCCCCCC/C=C\CCCC. The molecule has 5 atom stereocenters. The van der Waals surface area contributed by atoms with Crippen molar-refractivity contribution in [1.29, 1.82) is 0 Å². The second-order valence-electron chi connectivity index (χ2n) is 26.8. The number of hydrogen-bond acceptors (Lipinski definition) is 14. The topological polar surface area (TPSA) is 231 Å². The van der Waals surface area contributed by atoms with Gasteiger partial charge in [-0.1, -0.05) is 310 Å². The van der Waals surface area contributed by atoms with E-state index in [-0.39, 0.29) is 19.3 Å².